The molecule has 19 heavy (non-hydrogen) atoms. The number of carboxylic acid groups (broad SMARTS) is 1. The normalized spacial score (nSPS) is 17.1. The van der Waals surface area contributed by atoms with Crippen LogP contribution in [0, 0.1) is 5.41 Å². The Kier molecular flexibility index (Phi) is 3.73. The summed E-state index contributed by atoms with van der Waals surface area (Å²) in [5.74, 6) is -0.320. The van der Waals surface area contributed by atoms with Gasteiger partial charge in [0.25, 0.3) is 0 Å². The lowest BCUT2D eigenvalue weighted by Crippen LogP contribution is -2.33. The number of carbonyl (C=O) groups is 1. The number of carboxylic acids is 1. The Hall–Kier alpha value is -1.65. The van der Waals surface area contributed by atoms with Crippen molar-refractivity contribution >= 4 is 11.7 Å². The third kappa shape index (κ3) is 3.03. The van der Waals surface area contributed by atoms with E-state index in [2.05, 4.69) is 22.2 Å². The maximum atomic E-state index is 11.3. The Balaban J connectivity index is 2.16. The zero-order valence-electron chi connectivity index (χ0n) is 11.7. The quantitative estimate of drug-likeness (QED) is 0.854. The summed E-state index contributed by atoms with van der Waals surface area (Å²) in [5, 5.41) is 12.4. The third-order valence-corrected chi connectivity index (χ3v) is 3.79. The summed E-state index contributed by atoms with van der Waals surface area (Å²) >= 11 is 0. The maximum Gasteiger partial charge on any atom is 0.356 e. The van der Waals surface area contributed by atoms with Crippen LogP contribution in [0.15, 0.2) is 6.20 Å². The van der Waals surface area contributed by atoms with Gasteiger partial charge in [0.1, 0.15) is 5.82 Å². The number of hydrogen-bond donors (Lipinski definition) is 2. The van der Waals surface area contributed by atoms with Gasteiger partial charge in [-0.15, -0.1) is 0 Å². The van der Waals surface area contributed by atoms with Crippen molar-refractivity contribution in [2.75, 3.05) is 11.9 Å². The van der Waals surface area contributed by atoms with E-state index in [0.717, 1.165) is 6.54 Å². The molecule has 0 aliphatic heterocycles. The molecule has 0 amide bonds. The monoisotopic (exact) mass is 263 g/mol. The summed E-state index contributed by atoms with van der Waals surface area (Å²) in [6.45, 7) is 6.89. The van der Waals surface area contributed by atoms with Crippen LogP contribution in [0.4, 0.5) is 5.69 Å². The first-order valence-corrected chi connectivity index (χ1v) is 6.75. The molecule has 0 unspecified atom stereocenters. The Labute approximate surface area is 113 Å². The standard InChI is InChI=1S/C14H21N3O2/c1-9(2)12-15-7-10(11(17-12)13(18)19)16-8-14(3)5-4-6-14/h7,9,16H,4-6,8H2,1-3H3,(H,18,19). The number of anilines is 1. The number of aromatic carboxylic acids is 1. The van der Waals surface area contributed by atoms with E-state index in [0.29, 0.717) is 11.5 Å². The van der Waals surface area contributed by atoms with Gasteiger partial charge in [-0.1, -0.05) is 27.2 Å². The van der Waals surface area contributed by atoms with E-state index < -0.39 is 5.97 Å². The Morgan fingerprint density at radius 1 is 1.53 bits per heavy atom. The molecule has 5 nitrogen and oxygen atoms in total. The molecule has 1 aliphatic rings. The highest BCUT2D eigenvalue weighted by molar-refractivity contribution is 5.91. The highest BCUT2D eigenvalue weighted by Crippen LogP contribution is 2.40. The van der Waals surface area contributed by atoms with Crippen molar-refractivity contribution in [3.8, 4) is 0 Å². The van der Waals surface area contributed by atoms with Gasteiger partial charge in [-0.25, -0.2) is 14.8 Å². The van der Waals surface area contributed by atoms with E-state index in [1.165, 1.54) is 19.3 Å². The molecule has 1 aromatic heterocycles. The summed E-state index contributed by atoms with van der Waals surface area (Å²) in [5.41, 5.74) is 0.874. The number of hydrogen-bond acceptors (Lipinski definition) is 4. The summed E-state index contributed by atoms with van der Waals surface area (Å²) in [7, 11) is 0. The lowest BCUT2D eigenvalue weighted by Gasteiger charge is -2.38. The molecule has 0 saturated heterocycles. The van der Waals surface area contributed by atoms with Crippen molar-refractivity contribution in [2.24, 2.45) is 5.41 Å². The van der Waals surface area contributed by atoms with Crippen molar-refractivity contribution in [2.45, 2.75) is 46.0 Å². The first-order chi connectivity index (χ1) is 8.91. The second-order valence-electron chi connectivity index (χ2n) is 5.97. The topological polar surface area (TPSA) is 75.1 Å². The van der Waals surface area contributed by atoms with Crippen molar-refractivity contribution in [1.82, 2.24) is 9.97 Å². The van der Waals surface area contributed by atoms with E-state index in [-0.39, 0.29) is 17.0 Å². The Bertz CT molecular complexity index is 482. The van der Waals surface area contributed by atoms with E-state index >= 15 is 0 Å². The molecule has 0 bridgehead atoms. The van der Waals surface area contributed by atoms with Crippen LogP contribution >= 0.6 is 0 Å². The van der Waals surface area contributed by atoms with Crippen molar-refractivity contribution < 1.29 is 9.90 Å². The number of aromatic nitrogens is 2. The molecule has 1 aromatic rings. The lowest BCUT2D eigenvalue weighted by atomic mass is 9.70. The van der Waals surface area contributed by atoms with Crippen LogP contribution in [-0.2, 0) is 0 Å². The van der Waals surface area contributed by atoms with Gasteiger partial charge in [-0.3, -0.25) is 0 Å². The van der Waals surface area contributed by atoms with Gasteiger partial charge >= 0.3 is 5.97 Å². The van der Waals surface area contributed by atoms with Gasteiger partial charge in [-0.2, -0.15) is 0 Å². The molecule has 1 heterocycles. The van der Waals surface area contributed by atoms with E-state index in [4.69, 9.17) is 0 Å². The average Bonchev–Trinajstić information content (AvgIpc) is 2.33. The molecule has 1 saturated carbocycles. The van der Waals surface area contributed by atoms with Crippen molar-refractivity contribution in [3.63, 3.8) is 0 Å². The molecule has 104 valence electrons. The number of nitrogens with one attached hydrogen (secondary N) is 1. The number of rotatable bonds is 5. The van der Waals surface area contributed by atoms with Gasteiger partial charge in [0, 0.05) is 12.5 Å². The minimum atomic E-state index is -1.01. The zero-order chi connectivity index (χ0) is 14.0. The maximum absolute atomic E-state index is 11.3. The molecule has 0 spiro atoms. The predicted octanol–water partition coefficient (Wildman–Crippen LogP) is 2.90. The van der Waals surface area contributed by atoms with Gasteiger partial charge in [0.05, 0.1) is 11.9 Å². The van der Waals surface area contributed by atoms with Crippen molar-refractivity contribution in [3.05, 3.63) is 17.7 Å². The number of nitrogens with zero attached hydrogens (tertiary/aromatic N) is 2. The average molecular weight is 263 g/mol. The van der Waals surface area contributed by atoms with E-state index in [1.807, 2.05) is 13.8 Å². The van der Waals surface area contributed by atoms with Gasteiger partial charge in [0.15, 0.2) is 5.69 Å². The first kappa shape index (κ1) is 13.8. The molecule has 2 N–H and O–H groups in total. The fraction of sp³-hybridized carbons (Fsp3) is 0.643. The summed E-state index contributed by atoms with van der Waals surface area (Å²) < 4.78 is 0. The second kappa shape index (κ2) is 5.15. The molecular formula is C14H21N3O2. The van der Waals surface area contributed by atoms with Crippen LogP contribution in [0.5, 0.6) is 0 Å². The summed E-state index contributed by atoms with van der Waals surface area (Å²) in [4.78, 5) is 19.6. The van der Waals surface area contributed by atoms with E-state index in [1.54, 1.807) is 6.20 Å². The Morgan fingerprint density at radius 3 is 2.68 bits per heavy atom. The molecule has 2 rings (SSSR count). The summed E-state index contributed by atoms with van der Waals surface area (Å²) in [6.07, 6.45) is 5.22. The highest BCUT2D eigenvalue weighted by atomic mass is 16.4. The van der Waals surface area contributed by atoms with E-state index in [9.17, 15) is 9.90 Å². The molecule has 5 heteroatoms. The first-order valence-electron chi connectivity index (χ1n) is 6.75. The molecular weight excluding hydrogens is 242 g/mol. The molecule has 1 fully saturated rings. The highest BCUT2D eigenvalue weighted by Gasteiger charge is 2.31. The van der Waals surface area contributed by atoms with Crippen molar-refractivity contribution in [1.29, 1.82) is 0 Å². The molecule has 0 radical (unpaired) electrons. The molecule has 1 aliphatic carbocycles. The van der Waals surface area contributed by atoms with Crippen LogP contribution < -0.4 is 5.32 Å². The largest absolute Gasteiger partial charge is 0.476 e. The SMILES string of the molecule is CC(C)c1ncc(NCC2(C)CCC2)c(C(=O)O)n1. The van der Waals surface area contributed by atoms with Gasteiger partial charge < -0.3 is 10.4 Å². The minimum absolute atomic E-state index is 0.0709. The Morgan fingerprint density at radius 2 is 2.21 bits per heavy atom. The van der Waals surface area contributed by atoms with Gasteiger partial charge in [-0.05, 0) is 18.3 Å². The predicted molar refractivity (Wildman–Crippen MR) is 73.5 cm³/mol. The fourth-order valence-corrected chi connectivity index (χ4v) is 2.23. The third-order valence-electron chi connectivity index (χ3n) is 3.79. The molecule has 0 atom stereocenters. The fourth-order valence-electron chi connectivity index (χ4n) is 2.23. The van der Waals surface area contributed by atoms with Gasteiger partial charge in [0.2, 0.25) is 0 Å². The second-order valence-corrected chi connectivity index (χ2v) is 5.97. The summed E-state index contributed by atoms with van der Waals surface area (Å²) in [6, 6.07) is 0. The van der Waals surface area contributed by atoms with Crippen LogP contribution in [0.25, 0.3) is 0 Å². The lowest BCUT2D eigenvalue weighted by molar-refractivity contribution is 0.0690. The zero-order valence-corrected chi connectivity index (χ0v) is 11.7. The van der Waals surface area contributed by atoms with Crippen LogP contribution in [-0.4, -0.2) is 27.6 Å². The molecule has 0 aromatic carbocycles. The van der Waals surface area contributed by atoms with Crippen LogP contribution in [0.1, 0.15) is 62.3 Å². The smallest absolute Gasteiger partial charge is 0.356 e. The minimum Gasteiger partial charge on any atom is -0.476 e. The van der Waals surface area contributed by atoms with Crippen LogP contribution in [0.3, 0.4) is 0 Å². The van der Waals surface area contributed by atoms with Crippen LogP contribution in [0.2, 0.25) is 0 Å².